The van der Waals surface area contributed by atoms with Gasteiger partial charge < -0.3 is 5.73 Å². The average molecular weight is 345 g/mol. The van der Waals surface area contributed by atoms with E-state index >= 15 is 0 Å². The Hall–Kier alpha value is -3.41. The fourth-order valence-electron chi connectivity index (χ4n) is 3.12. The maximum Gasteiger partial charge on any atom is 0.152 e. The second-order valence-corrected chi connectivity index (χ2v) is 6.12. The number of fused-ring (bicyclic) bond motifs is 1. The smallest absolute Gasteiger partial charge is 0.152 e. The summed E-state index contributed by atoms with van der Waals surface area (Å²) in [7, 11) is 0. The molecule has 0 saturated heterocycles. The minimum Gasteiger partial charge on any atom is -0.382 e. The molecule has 5 nitrogen and oxygen atoms in total. The molecule has 128 valence electrons. The Morgan fingerprint density at radius 3 is 2.08 bits per heavy atom. The van der Waals surface area contributed by atoms with Crippen LogP contribution in [-0.4, -0.2) is 19.9 Å². The lowest BCUT2D eigenvalue weighted by Gasteiger charge is -2.14. The van der Waals surface area contributed by atoms with Crippen LogP contribution >= 0.6 is 0 Å². The van der Waals surface area contributed by atoms with Gasteiger partial charge in [-0.3, -0.25) is 9.97 Å². The Kier molecular flexibility index (Phi) is 3.80. The van der Waals surface area contributed by atoms with Crippen LogP contribution in [0.15, 0.2) is 48.8 Å². The quantitative estimate of drug-likeness (QED) is 0.592. The van der Waals surface area contributed by atoms with Crippen molar-refractivity contribution in [3.8, 4) is 22.4 Å². The van der Waals surface area contributed by atoms with Crippen LogP contribution in [0.5, 0.6) is 0 Å². The van der Waals surface area contributed by atoms with Gasteiger partial charge >= 0.3 is 0 Å². The first-order valence-electron chi connectivity index (χ1n) is 8.15. The van der Waals surface area contributed by atoms with E-state index in [4.69, 9.17) is 5.73 Å². The van der Waals surface area contributed by atoms with Gasteiger partial charge in [-0.2, -0.15) is 0 Å². The van der Waals surface area contributed by atoms with Crippen molar-refractivity contribution in [1.82, 2.24) is 19.9 Å². The molecule has 3 aromatic heterocycles. The molecule has 3 heterocycles. The summed E-state index contributed by atoms with van der Waals surface area (Å²) in [4.78, 5) is 17.8. The third kappa shape index (κ3) is 2.75. The van der Waals surface area contributed by atoms with Gasteiger partial charge in [0.15, 0.2) is 5.82 Å². The maximum atomic E-state index is 13.4. The van der Waals surface area contributed by atoms with E-state index < -0.39 is 0 Å². The molecule has 0 bridgehead atoms. The lowest BCUT2D eigenvalue weighted by molar-refractivity contribution is 0.628. The van der Waals surface area contributed by atoms with Crippen molar-refractivity contribution in [2.24, 2.45) is 0 Å². The molecular weight excluding hydrogens is 329 g/mol. The predicted octanol–water partition coefficient (Wildman–Crippen LogP) is 4.09. The number of nitrogen functional groups attached to an aromatic ring is 1. The van der Waals surface area contributed by atoms with E-state index in [0.717, 1.165) is 28.1 Å². The lowest BCUT2D eigenvalue weighted by atomic mass is 9.97. The molecule has 1 aromatic carbocycles. The zero-order valence-electron chi connectivity index (χ0n) is 14.4. The number of halogens is 1. The molecule has 0 amide bonds. The first-order chi connectivity index (χ1) is 12.5. The summed E-state index contributed by atoms with van der Waals surface area (Å²) in [5.41, 5.74) is 12.2. The summed E-state index contributed by atoms with van der Waals surface area (Å²) < 4.78 is 13.4. The zero-order chi connectivity index (χ0) is 18.3. The third-order valence-corrected chi connectivity index (χ3v) is 4.13. The molecule has 0 atom stereocenters. The summed E-state index contributed by atoms with van der Waals surface area (Å²) in [5, 5.41) is 0. The Bertz CT molecular complexity index is 1100. The predicted molar refractivity (Wildman–Crippen MR) is 99.8 cm³/mol. The first kappa shape index (κ1) is 16.1. The van der Waals surface area contributed by atoms with Crippen LogP contribution in [0.3, 0.4) is 0 Å². The Morgan fingerprint density at radius 2 is 1.42 bits per heavy atom. The highest BCUT2D eigenvalue weighted by molar-refractivity contribution is 6.02. The van der Waals surface area contributed by atoms with Crippen LogP contribution in [0.25, 0.3) is 33.4 Å². The Balaban J connectivity index is 2.12. The monoisotopic (exact) mass is 345 g/mol. The van der Waals surface area contributed by atoms with Gasteiger partial charge in [-0.15, -0.1) is 0 Å². The van der Waals surface area contributed by atoms with Gasteiger partial charge in [0.2, 0.25) is 0 Å². The van der Waals surface area contributed by atoms with Crippen LogP contribution in [0.2, 0.25) is 0 Å². The van der Waals surface area contributed by atoms with E-state index in [9.17, 15) is 4.39 Å². The molecule has 0 saturated carbocycles. The molecule has 4 rings (SSSR count). The average Bonchev–Trinajstić information content (AvgIpc) is 2.61. The summed E-state index contributed by atoms with van der Waals surface area (Å²) >= 11 is 0. The fourth-order valence-corrected chi connectivity index (χ4v) is 3.12. The molecule has 0 radical (unpaired) electrons. The molecule has 0 aliphatic carbocycles. The van der Waals surface area contributed by atoms with Gasteiger partial charge in [0.05, 0.1) is 5.69 Å². The van der Waals surface area contributed by atoms with Crippen LogP contribution in [-0.2, 0) is 0 Å². The molecule has 0 aliphatic heterocycles. The number of hydrogen-bond donors (Lipinski definition) is 1. The highest BCUT2D eigenvalue weighted by Gasteiger charge is 2.18. The Labute approximate surface area is 149 Å². The largest absolute Gasteiger partial charge is 0.382 e. The summed E-state index contributed by atoms with van der Waals surface area (Å²) in [6.07, 6.45) is 3.21. The van der Waals surface area contributed by atoms with Crippen LogP contribution in [0.4, 0.5) is 10.2 Å². The highest BCUT2D eigenvalue weighted by Crippen LogP contribution is 2.37. The van der Waals surface area contributed by atoms with E-state index in [2.05, 4.69) is 19.9 Å². The number of hydrogen-bond acceptors (Lipinski definition) is 5. The number of benzene rings is 1. The molecule has 0 aliphatic rings. The van der Waals surface area contributed by atoms with Gasteiger partial charge in [-0.25, -0.2) is 14.4 Å². The topological polar surface area (TPSA) is 77.6 Å². The van der Waals surface area contributed by atoms with Crippen LogP contribution in [0.1, 0.15) is 11.4 Å². The van der Waals surface area contributed by atoms with E-state index in [1.807, 2.05) is 26.0 Å². The molecule has 6 heteroatoms. The number of rotatable bonds is 2. The zero-order valence-corrected chi connectivity index (χ0v) is 14.4. The number of nitrogens with two attached hydrogens (primary N) is 1. The van der Waals surface area contributed by atoms with Crippen molar-refractivity contribution in [2.75, 3.05) is 5.73 Å². The molecule has 4 aromatic rings. The van der Waals surface area contributed by atoms with Crippen molar-refractivity contribution in [2.45, 2.75) is 13.8 Å². The van der Waals surface area contributed by atoms with Crippen molar-refractivity contribution >= 4 is 16.9 Å². The molecule has 2 N–H and O–H groups in total. The summed E-state index contributed by atoms with van der Waals surface area (Å²) in [6.45, 7) is 3.87. The molecule has 0 spiro atoms. The number of nitrogens with zero attached hydrogens (tertiary/aromatic N) is 4. The van der Waals surface area contributed by atoms with Crippen molar-refractivity contribution in [3.63, 3.8) is 0 Å². The van der Waals surface area contributed by atoms with E-state index in [1.165, 1.54) is 12.1 Å². The molecule has 0 fully saturated rings. The second kappa shape index (κ2) is 6.15. The maximum absolute atomic E-state index is 13.4. The normalized spacial score (nSPS) is 11.0. The molecule has 0 unspecified atom stereocenters. The van der Waals surface area contributed by atoms with Gasteiger partial charge in [0.1, 0.15) is 16.9 Å². The third-order valence-electron chi connectivity index (χ3n) is 4.13. The van der Waals surface area contributed by atoms with E-state index in [1.54, 1.807) is 24.5 Å². The van der Waals surface area contributed by atoms with Crippen LogP contribution in [0, 0.1) is 19.7 Å². The lowest BCUT2D eigenvalue weighted by Crippen LogP contribution is -2.01. The van der Waals surface area contributed by atoms with Gasteiger partial charge in [0, 0.05) is 34.9 Å². The second-order valence-electron chi connectivity index (χ2n) is 6.12. The number of aromatic nitrogens is 4. The fraction of sp³-hybridized carbons (Fsp3) is 0.100. The number of aryl methyl sites for hydroxylation is 2. The van der Waals surface area contributed by atoms with Crippen molar-refractivity contribution < 1.29 is 4.39 Å². The van der Waals surface area contributed by atoms with E-state index in [0.29, 0.717) is 22.5 Å². The van der Waals surface area contributed by atoms with Gasteiger partial charge in [-0.1, -0.05) is 0 Å². The standard InChI is InChI=1S/C20H16FN5/c1-11-9-14(10-12(2)25-11)16-17(13-3-5-15(21)6-4-13)26-20(22)19-18(16)23-7-8-24-19/h3-10H,1-2H3,(H2,22,26). The summed E-state index contributed by atoms with van der Waals surface area (Å²) in [5.74, 6) is -0.0156. The number of pyridine rings is 2. The number of anilines is 1. The SMILES string of the molecule is Cc1cc(-c2c(-c3ccc(F)cc3)nc(N)c3nccnc23)cc(C)n1. The van der Waals surface area contributed by atoms with Gasteiger partial charge in [0.25, 0.3) is 0 Å². The van der Waals surface area contributed by atoms with Gasteiger partial charge in [-0.05, 0) is 55.8 Å². The first-order valence-corrected chi connectivity index (χ1v) is 8.15. The van der Waals surface area contributed by atoms with Crippen LogP contribution < -0.4 is 5.73 Å². The van der Waals surface area contributed by atoms with Crippen molar-refractivity contribution in [1.29, 1.82) is 0 Å². The summed E-state index contributed by atoms with van der Waals surface area (Å²) in [6, 6.07) is 10.1. The minimum atomic E-state index is -0.306. The van der Waals surface area contributed by atoms with E-state index in [-0.39, 0.29) is 5.82 Å². The van der Waals surface area contributed by atoms with Crippen molar-refractivity contribution in [3.05, 3.63) is 66.0 Å². The highest BCUT2D eigenvalue weighted by atomic mass is 19.1. The Morgan fingerprint density at radius 1 is 0.808 bits per heavy atom. The molecule has 26 heavy (non-hydrogen) atoms. The molecular formula is C20H16FN5. The minimum absolute atomic E-state index is 0.290.